The first kappa shape index (κ1) is 12.7. The van der Waals surface area contributed by atoms with Crippen LogP contribution < -0.4 is 17.1 Å². The number of rotatable bonds is 1. The minimum absolute atomic E-state index is 0.0421. The number of thiophene rings is 1. The van der Waals surface area contributed by atoms with E-state index in [1.807, 2.05) is 19.1 Å². The van der Waals surface area contributed by atoms with Crippen LogP contribution in [0.4, 0.5) is 5.82 Å². The molecule has 0 aromatic carbocycles. The third-order valence-corrected chi connectivity index (χ3v) is 3.68. The Morgan fingerprint density at radius 3 is 2.37 bits per heavy atom. The Morgan fingerprint density at radius 1 is 1.26 bits per heavy atom. The van der Waals surface area contributed by atoms with Gasteiger partial charge in [-0.1, -0.05) is 0 Å². The van der Waals surface area contributed by atoms with Crippen LogP contribution in [0.1, 0.15) is 16.0 Å². The van der Waals surface area contributed by atoms with E-state index in [0.717, 1.165) is 4.88 Å². The van der Waals surface area contributed by atoms with E-state index in [-0.39, 0.29) is 22.5 Å². The van der Waals surface area contributed by atoms with Crippen molar-refractivity contribution in [2.24, 2.45) is 0 Å². The lowest BCUT2D eigenvalue weighted by atomic mass is 10.0. The number of hydrogen-bond acceptors (Lipinski definition) is 6. The maximum atomic E-state index is 11.9. The summed E-state index contributed by atoms with van der Waals surface area (Å²) in [5, 5.41) is 18.3. The van der Waals surface area contributed by atoms with Crippen LogP contribution in [-0.4, -0.2) is 4.68 Å². The van der Waals surface area contributed by atoms with E-state index in [1.165, 1.54) is 11.3 Å². The summed E-state index contributed by atoms with van der Waals surface area (Å²) in [6.45, 7) is 1.89. The quantitative estimate of drug-likeness (QED) is 0.747. The highest BCUT2D eigenvalue weighted by Gasteiger charge is 2.21. The zero-order valence-corrected chi connectivity index (χ0v) is 10.8. The van der Waals surface area contributed by atoms with E-state index in [9.17, 15) is 10.1 Å². The molecule has 0 aliphatic rings. The van der Waals surface area contributed by atoms with Gasteiger partial charge in [0.2, 0.25) is 0 Å². The van der Waals surface area contributed by atoms with Gasteiger partial charge in [0, 0.05) is 15.3 Å². The van der Waals surface area contributed by atoms with Gasteiger partial charge < -0.3 is 11.6 Å². The zero-order chi connectivity index (χ0) is 14.2. The fourth-order valence-electron chi connectivity index (χ4n) is 1.74. The number of pyridine rings is 1. The van der Waals surface area contributed by atoms with Crippen molar-refractivity contribution < 1.29 is 0 Å². The Morgan fingerprint density at radius 2 is 1.89 bits per heavy atom. The monoisotopic (exact) mass is 271 g/mol. The fourth-order valence-corrected chi connectivity index (χ4v) is 2.67. The van der Waals surface area contributed by atoms with Crippen LogP contribution in [0.15, 0.2) is 16.9 Å². The van der Waals surface area contributed by atoms with E-state index in [1.54, 1.807) is 12.1 Å². The first-order valence-corrected chi connectivity index (χ1v) is 6.03. The molecule has 0 spiro atoms. The lowest BCUT2D eigenvalue weighted by molar-refractivity contribution is 0.943. The second-order valence-electron chi connectivity index (χ2n) is 3.82. The average molecular weight is 271 g/mol. The van der Waals surface area contributed by atoms with Crippen LogP contribution in [0.25, 0.3) is 10.4 Å². The van der Waals surface area contributed by atoms with Crippen molar-refractivity contribution in [2.45, 2.75) is 6.92 Å². The standard InChI is InChI=1S/C12H9N5OS/c1-6-2-3-9(19-6)10-7(4-13)11(15)17(16)12(18)8(10)5-14/h2-3H,15-16H2,1H3. The Kier molecular flexibility index (Phi) is 2.99. The molecule has 4 N–H and O–H groups in total. The zero-order valence-electron chi connectivity index (χ0n) is 9.97. The average Bonchev–Trinajstić information content (AvgIpc) is 2.82. The summed E-state index contributed by atoms with van der Waals surface area (Å²) in [6, 6.07) is 7.29. The lowest BCUT2D eigenvalue weighted by Gasteiger charge is -2.10. The number of aromatic nitrogens is 1. The van der Waals surface area contributed by atoms with Gasteiger partial charge in [-0.15, -0.1) is 11.3 Å². The largest absolute Gasteiger partial charge is 0.382 e. The van der Waals surface area contributed by atoms with Crippen molar-refractivity contribution >= 4 is 17.2 Å². The number of anilines is 1. The molecule has 0 fully saturated rings. The molecule has 0 saturated carbocycles. The van der Waals surface area contributed by atoms with Gasteiger partial charge in [0.15, 0.2) is 0 Å². The highest BCUT2D eigenvalue weighted by molar-refractivity contribution is 7.15. The predicted molar refractivity (Wildman–Crippen MR) is 72.7 cm³/mol. The fraction of sp³-hybridized carbons (Fsp3) is 0.0833. The van der Waals surface area contributed by atoms with Crippen molar-refractivity contribution in [1.82, 2.24) is 4.68 Å². The molecule has 6 nitrogen and oxygen atoms in total. The Hall–Kier alpha value is -2.77. The number of nitrogens with two attached hydrogens (primary N) is 2. The Balaban J connectivity index is 2.99. The molecule has 0 atom stereocenters. The normalized spacial score (nSPS) is 9.84. The van der Waals surface area contributed by atoms with Crippen LogP contribution in [-0.2, 0) is 0 Å². The van der Waals surface area contributed by atoms with Crippen molar-refractivity contribution in [3.8, 4) is 22.6 Å². The molecule has 0 bridgehead atoms. The van der Waals surface area contributed by atoms with Gasteiger partial charge in [0.1, 0.15) is 29.1 Å². The van der Waals surface area contributed by atoms with E-state index in [4.69, 9.17) is 16.8 Å². The molecule has 2 rings (SSSR count). The summed E-state index contributed by atoms with van der Waals surface area (Å²) in [4.78, 5) is 13.6. The summed E-state index contributed by atoms with van der Waals surface area (Å²) in [5.74, 6) is 5.32. The van der Waals surface area contributed by atoms with Crippen LogP contribution in [0.3, 0.4) is 0 Å². The second-order valence-corrected chi connectivity index (χ2v) is 5.11. The van der Waals surface area contributed by atoms with Gasteiger partial charge in [-0.2, -0.15) is 10.5 Å². The number of nitriles is 2. The maximum Gasteiger partial charge on any atom is 0.289 e. The lowest BCUT2D eigenvalue weighted by Crippen LogP contribution is -2.32. The van der Waals surface area contributed by atoms with E-state index in [0.29, 0.717) is 9.55 Å². The summed E-state index contributed by atoms with van der Waals surface area (Å²) in [6.07, 6.45) is 0. The SMILES string of the molecule is Cc1ccc(-c2c(C#N)c(N)n(N)c(=O)c2C#N)s1. The van der Waals surface area contributed by atoms with Crippen LogP contribution >= 0.6 is 11.3 Å². The summed E-state index contributed by atoms with van der Waals surface area (Å²) in [5.41, 5.74) is 5.09. The van der Waals surface area contributed by atoms with Gasteiger partial charge in [-0.25, -0.2) is 4.68 Å². The smallest absolute Gasteiger partial charge is 0.289 e. The first-order valence-electron chi connectivity index (χ1n) is 5.21. The summed E-state index contributed by atoms with van der Waals surface area (Å²) >= 11 is 1.38. The topological polar surface area (TPSA) is 122 Å². The number of aryl methyl sites for hydroxylation is 1. The molecule has 0 radical (unpaired) electrons. The number of hydrogen-bond donors (Lipinski definition) is 2. The highest BCUT2D eigenvalue weighted by Crippen LogP contribution is 2.33. The first-order chi connectivity index (χ1) is 9.01. The van der Waals surface area contributed by atoms with Gasteiger partial charge in [-0.05, 0) is 19.1 Å². The maximum absolute atomic E-state index is 11.9. The van der Waals surface area contributed by atoms with Gasteiger partial charge in [-0.3, -0.25) is 4.79 Å². The van der Waals surface area contributed by atoms with Crippen molar-refractivity contribution in [1.29, 1.82) is 10.5 Å². The molecule has 0 aliphatic heterocycles. The van der Waals surface area contributed by atoms with Gasteiger partial charge >= 0.3 is 0 Å². The molecule has 0 aliphatic carbocycles. The molecule has 0 unspecified atom stereocenters. The second kappa shape index (κ2) is 4.48. The summed E-state index contributed by atoms with van der Waals surface area (Å²) in [7, 11) is 0. The minimum Gasteiger partial charge on any atom is -0.382 e. The van der Waals surface area contributed by atoms with Crippen LogP contribution in [0, 0.1) is 29.6 Å². The van der Waals surface area contributed by atoms with Crippen molar-refractivity contribution in [3.63, 3.8) is 0 Å². The van der Waals surface area contributed by atoms with Gasteiger partial charge in [0.05, 0.1) is 0 Å². The predicted octanol–water partition coefficient (Wildman–Crippen LogP) is 0.925. The van der Waals surface area contributed by atoms with Gasteiger partial charge in [0.25, 0.3) is 5.56 Å². The van der Waals surface area contributed by atoms with Crippen molar-refractivity contribution in [2.75, 3.05) is 11.6 Å². The number of nitrogens with zero attached hydrogens (tertiary/aromatic N) is 3. The molecular formula is C12H9N5OS. The molecule has 2 heterocycles. The third kappa shape index (κ3) is 1.82. The Bertz CT molecular complexity index is 803. The minimum atomic E-state index is -0.708. The van der Waals surface area contributed by atoms with E-state index < -0.39 is 5.56 Å². The molecule has 2 aromatic rings. The Labute approximate surface area is 112 Å². The van der Waals surface area contributed by atoms with Crippen molar-refractivity contribution in [3.05, 3.63) is 38.5 Å². The van der Waals surface area contributed by atoms with E-state index >= 15 is 0 Å². The van der Waals surface area contributed by atoms with Crippen LogP contribution in [0.5, 0.6) is 0 Å². The molecule has 19 heavy (non-hydrogen) atoms. The number of nitrogen functional groups attached to an aromatic ring is 2. The molecule has 2 aromatic heterocycles. The van der Waals surface area contributed by atoms with E-state index in [2.05, 4.69) is 0 Å². The highest BCUT2D eigenvalue weighted by atomic mass is 32.1. The molecule has 94 valence electrons. The molecule has 0 amide bonds. The third-order valence-electron chi connectivity index (χ3n) is 2.66. The molecule has 7 heteroatoms. The summed E-state index contributed by atoms with van der Waals surface area (Å²) < 4.78 is 0.626. The van der Waals surface area contributed by atoms with Crippen LogP contribution in [0.2, 0.25) is 0 Å². The molecule has 0 saturated heterocycles. The molecular weight excluding hydrogens is 262 g/mol.